The number of piperidine rings is 3. The first-order valence-corrected chi connectivity index (χ1v) is 41.7. The molecular weight excluding hydrogens is 1570 g/mol. The Hall–Kier alpha value is -12.7. The van der Waals surface area contributed by atoms with E-state index in [1.165, 1.54) is 39.3 Å². The van der Waals surface area contributed by atoms with E-state index in [1.54, 1.807) is 79.3 Å². The summed E-state index contributed by atoms with van der Waals surface area (Å²) in [4.78, 5) is 79.4. The van der Waals surface area contributed by atoms with Crippen LogP contribution in [0.15, 0.2) is 158 Å². The number of rotatable bonds is 21. The molecule has 640 valence electrons. The van der Waals surface area contributed by atoms with Crippen molar-refractivity contribution in [3.8, 4) is 69.6 Å². The molecule has 0 bridgehead atoms. The predicted octanol–water partition coefficient (Wildman–Crippen LogP) is 10.1. The molecule has 6 N–H and O–H groups in total. The Bertz CT molecular complexity index is 5310. The zero-order chi connectivity index (χ0) is 86.2. The zero-order valence-corrected chi connectivity index (χ0v) is 69.9. The number of piperazine rings is 3. The number of aryl methyl sites for hydroxylation is 1. The molecule has 0 spiro atoms. The molecule has 0 aliphatic carbocycles. The van der Waals surface area contributed by atoms with E-state index in [0.29, 0.717) is 94.9 Å². The third-order valence-electron chi connectivity index (χ3n) is 23.1. The molecular formula is C91H103F2N21O9. The molecule has 7 aliphatic rings. The second-order valence-corrected chi connectivity index (χ2v) is 32.0. The molecule has 6 aromatic carbocycles. The molecule has 10 heterocycles. The molecule has 9 aromatic rings. The number of anilines is 9. The normalized spacial score (nSPS) is 21.0. The van der Waals surface area contributed by atoms with Gasteiger partial charge in [-0.05, 0) is 193 Å². The molecule has 0 saturated carbocycles. The van der Waals surface area contributed by atoms with E-state index >= 15 is 0 Å². The summed E-state index contributed by atoms with van der Waals surface area (Å²) in [5.41, 5.74) is 10.5. The van der Waals surface area contributed by atoms with Gasteiger partial charge in [-0.25, -0.2) is 38.7 Å². The zero-order valence-electron chi connectivity index (χ0n) is 69.9. The average Bonchev–Trinajstić information content (AvgIpc) is 0.829. The van der Waals surface area contributed by atoms with Gasteiger partial charge in [0.25, 0.3) is 5.91 Å². The van der Waals surface area contributed by atoms with Crippen LogP contribution in [0.5, 0.6) is 17.2 Å². The summed E-state index contributed by atoms with van der Waals surface area (Å²) in [6.07, 6.45) is 0.741. The lowest BCUT2D eigenvalue weighted by atomic mass is 10.0. The number of nitrogens with zero attached hydrogens (tertiary/aromatic N) is 17. The van der Waals surface area contributed by atoms with Gasteiger partial charge in [0.2, 0.25) is 11.8 Å². The number of benzene rings is 6. The van der Waals surface area contributed by atoms with Gasteiger partial charge >= 0.3 is 0 Å². The van der Waals surface area contributed by atoms with Crippen LogP contribution >= 0.6 is 0 Å². The van der Waals surface area contributed by atoms with E-state index in [0.717, 1.165) is 101 Å². The Morgan fingerprint density at radius 3 is 1.41 bits per heavy atom. The largest absolute Gasteiger partial charge is 0.487 e. The Kier molecular flexibility index (Phi) is 28.4. The lowest BCUT2D eigenvalue weighted by Crippen LogP contribution is -2.56. The molecule has 8 atom stereocenters. The van der Waals surface area contributed by atoms with Crippen molar-refractivity contribution in [1.29, 1.82) is 15.8 Å². The molecule has 123 heavy (non-hydrogen) atoms. The highest BCUT2D eigenvalue weighted by molar-refractivity contribution is 5.81. The topological polar surface area (TPSA) is 351 Å². The number of aromatic nitrogens is 6. The Morgan fingerprint density at radius 1 is 0.561 bits per heavy atom. The maximum Gasteiger partial charge on any atom is 0.251 e. The molecule has 3 amide bonds. The number of aliphatic hydroxyl groups excluding tert-OH is 2. The first-order valence-electron chi connectivity index (χ1n) is 41.7. The fourth-order valence-electron chi connectivity index (χ4n) is 16.2. The third kappa shape index (κ3) is 22.0. The fourth-order valence-corrected chi connectivity index (χ4v) is 16.2. The number of amides is 3. The van der Waals surface area contributed by atoms with Crippen LogP contribution in [0.2, 0.25) is 0 Å². The molecule has 32 heteroatoms. The molecule has 16 rings (SSSR count). The lowest BCUT2D eigenvalue weighted by Gasteiger charge is -2.43. The van der Waals surface area contributed by atoms with Crippen LogP contribution in [0.25, 0.3) is 34.2 Å². The van der Waals surface area contributed by atoms with Crippen molar-refractivity contribution in [3.63, 3.8) is 0 Å². The number of nitrogens with one attached hydrogen (secondary N) is 4. The maximum atomic E-state index is 14.8. The number of carbonyl (C=O) groups excluding carboxylic acids is 3. The van der Waals surface area contributed by atoms with Gasteiger partial charge in [0, 0.05) is 179 Å². The SMILES string of the molecule is C[C@H](O)C(=O)N1CC[C@H](Oc2ccc(-c3nccc(Nc4ccc(N5CCN(C)C[C@@H]5C)cc4)n3)cc2C#N)[C@H](F)C1.C[C@H]1CN(C)CCN1c1ccc(Nc2ccnc(-c3ccc(O[C@H]4CCN(C(=O)CO)C[C@H]4F)c(C#N)c3)n2)cc1.Cc1cc(Nc2ccnc(-c3ccc(O[C@@H]4CCC(=O)NC4)c(C#N)c3)n2)ccc1N1CCN(C2COC2)CC1. The van der Waals surface area contributed by atoms with Crippen LogP contribution < -0.4 is 50.2 Å². The minimum Gasteiger partial charge on any atom is -0.487 e. The lowest BCUT2D eigenvalue weighted by molar-refractivity contribution is -0.143. The van der Waals surface area contributed by atoms with E-state index in [-0.39, 0.29) is 73.7 Å². The summed E-state index contributed by atoms with van der Waals surface area (Å²) in [5, 5.41) is 60.7. The van der Waals surface area contributed by atoms with Crippen molar-refractivity contribution in [1.82, 2.24) is 59.7 Å². The van der Waals surface area contributed by atoms with Crippen LogP contribution in [-0.2, 0) is 19.1 Å². The summed E-state index contributed by atoms with van der Waals surface area (Å²) in [5.74, 6) is 3.29. The highest BCUT2D eigenvalue weighted by Gasteiger charge is 2.37. The highest BCUT2D eigenvalue weighted by Crippen LogP contribution is 2.36. The molecule has 7 fully saturated rings. The van der Waals surface area contributed by atoms with Crippen molar-refractivity contribution < 1.29 is 52.3 Å². The Morgan fingerprint density at radius 2 is 1.01 bits per heavy atom. The summed E-state index contributed by atoms with van der Waals surface area (Å²) in [7, 11) is 4.30. The highest BCUT2D eigenvalue weighted by atomic mass is 19.1. The number of alkyl halides is 2. The van der Waals surface area contributed by atoms with Crippen molar-refractivity contribution in [3.05, 3.63) is 180 Å². The Labute approximate surface area is 714 Å². The van der Waals surface area contributed by atoms with E-state index in [9.17, 15) is 44.1 Å². The van der Waals surface area contributed by atoms with E-state index in [4.69, 9.17) is 29.0 Å². The molecule has 7 aliphatic heterocycles. The quantitative estimate of drug-likeness (QED) is 0.0389. The first-order chi connectivity index (χ1) is 59.6. The number of aliphatic hydroxyl groups is 2. The number of carbonyl (C=O) groups is 3. The van der Waals surface area contributed by atoms with Gasteiger partial charge in [-0.3, -0.25) is 19.3 Å². The minimum absolute atomic E-state index is 0.0289. The molecule has 3 aromatic heterocycles. The van der Waals surface area contributed by atoms with Gasteiger partial charge < -0.3 is 84.7 Å². The second-order valence-electron chi connectivity index (χ2n) is 32.0. The standard InChI is InChI=1S/C31H36FN7O3.C30H34FN7O3.C30H33N7O3/c1-20-18-37(3)14-15-39(20)25-7-5-24(6-8-25)35-29-10-12-34-30(36-29)22-4-9-27(23(16-22)17-33)42-28-11-13-38(19-26(28)32)31(41)21(2)40;1-20-17-36(2)13-14-38(20)24-6-4-23(5-7-24)34-28-9-11-33-30(35-28)21-3-8-26(22(15-21)16-32)41-27-10-12-37(18-25(27)31)29(40)19-39;1-20-14-23(3-5-26(20)37-12-10-36(11-13-37)24-18-39-19-24)34-28-8-9-32-30(35-28)21-2-6-27(22(15-21)16-31)40-25-4-7-29(38)33-17-25/h4-10,12,16,20-21,26,28,40H,11,13-15,18-19H2,1-3H3,(H,34,35,36);3-9,11,15,20,25,27,39H,10,12-14,17-19H2,1-2H3,(H,33,34,35);2-3,5-6,8-9,14-15,24-25H,4,7,10-13,17-19H2,1H3,(H,33,38)(H,32,34,35)/t20-,21-,26+,28-;20-,25+,27-;25-/m001/s1. The van der Waals surface area contributed by atoms with Crippen LogP contribution in [0, 0.1) is 40.9 Å². The van der Waals surface area contributed by atoms with Gasteiger partial charge in [0.15, 0.2) is 29.8 Å². The third-order valence-corrected chi connectivity index (χ3v) is 23.1. The predicted molar refractivity (Wildman–Crippen MR) is 464 cm³/mol. The van der Waals surface area contributed by atoms with Crippen molar-refractivity contribution in [2.75, 3.05) is 163 Å². The first kappa shape index (κ1) is 86.6. The van der Waals surface area contributed by atoms with Gasteiger partial charge in [-0.2, -0.15) is 15.8 Å². The molecule has 30 nitrogen and oxygen atoms in total. The molecule has 7 saturated heterocycles. The summed E-state index contributed by atoms with van der Waals surface area (Å²) in [6.45, 7) is 20.0. The van der Waals surface area contributed by atoms with Crippen molar-refractivity contribution in [2.24, 2.45) is 0 Å². The number of likely N-dealkylation sites (tertiary alicyclic amines) is 2. The maximum absolute atomic E-state index is 14.8. The number of likely N-dealkylation sites (N-methyl/N-ethyl adjacent to an activating group) is 2. The second kappa shape index (κ2) is 40.3. The van der Waals surface area contributed by atoms with Gasteiger partial charge in [-0.15, -0.1) is 0 Å². The van der Waals surface area contributed by atoms with Gasteiger partial charge in [0.05, 0.1) is 55.6 Å². The van der Waals surface area contributed by atoms with E-state index in [2.05, 4.69) is 171 Å². The van der Waals surface area contributed by atoms with E-state index in [1.807, 2.05) is 36.4 Å². The molecule has 0 radical (unpaired) electrons. The summed E-state index contributed by atoms with van der Waals surface area (Å²) >= 11 is 0. The smallest absolute Gasteiger partial charge is 0.251 e. The monoisotopic (exact) mass is 1670 g/mol. The van der Waals surface area contributed by atoms with Crippen LogP contribution in [-0.4, -0.2) is 269 Å². The Balaban J connectivity index is 0.000000150. The molecule has 0 unspecified atom stereocenters. The summed E-state index contributed by atoms with van der Waals surface area (Å²) in [6, 6.07) is 51.6. The van der Waals surface area contributed by atoms with Crippen LogP contribution in [0.4, 0.5) is 60.4 Å². The number of hydrogen-bond donors (Lipinski definition) is 6. The number of hydrogen-bond acceptors (Lipinski definition) is 27. The van der Waals surface area contributed by atoms with Crippen molar-refractivity contribution >= 4 is 69.3 Å². The van der Waals surface area contributed by atoms with Crippen molar-refractivity contribution in [2.45, 2.75) is 108 Å². The summed E-state index contributed by atoms with van der Waals surface area (Å²) < 4.78 is 52.7. The van der Waals surface area contributed by atoms with E-state index < -0.39 is 49.1 Å². The number of nitriles is 3. The number of ether oxygens (including phenoxy) is 4. The fraction of sp³-hybridized carbons (Fsp3) is 0.407. The van der Waals surface area contributed by atoms with Crippen LogP contribution in [0.3, 0.4) is 0 Å². The minimum atomic E-state index is -1.45. The number of halogens is 2. The van der Waals surface area contributed by atoms with Crippen LogP contribution in [0.1, 0.15) is 68.7 Å². The van der Waals surface area contributed by atoms with Gasteiger partial charge in [-0.1, -0.05) is 0 Å². The van der Waals surface area contributed by atoms with Gasteiger partial charge in [0.1, 0.15) is 83.9 Å². The average molecular weight is 1670 g/mol.